The summed E-state index contributed by atoms with van der Waals surface area (Å²) in [7, 11) is 0. The van der Waals surface area contributed by atoms with Gasteiger partial charge in [0.2, 0.25) is 5.91 Å². The Balaban J connectivity index is 0.881. The van der Waals surface area contributed by atoms with Crippen molar-refractivity contribution in [1.29, 1.82) is 0 Å². The summed E-state index contributed by atoms with van der Waals surface area (Å²) >= 11 is 1.90. The number of ether oxygens (including phenoxy) is 12. The molecule has 23 heteroatoms. The predicted molar refractivity (Wildman–Crippen MR) is 229 cm³/mol. The van der Waals surface area contributed by atoms with Crippen LogP contribution in [0.3, 0.4) is 0 Å². The summed E-state index contributed by atoms with van der Waals surface area (Å²) in [5, 5.41) is 9.78. The Morgan fingerprint density at radius 2 is 0.906 bits per heavy atom. The van der Waals surface area contributed by atoms with E-state index >= 15 is 0 Å². The SMILES string of the molecule is O=C(CCCC[C@@H]1SC[C@H]2NC(=O)N[C@H]12)NCCOCCOCCOCCOCCOCCOCCOCCOCCOCCOCCOCCOCCC(=O)ON1C(=O)CCC1=O. The fraction of sp³-hybridized carbons (Fsp3) is 0.878. The Hall–Kier alpha value is -2.78. The number of hydrogen-bond donors (Lipinski definition) is 3. The van der Waals surface area contributed by atoms with E-state index in [1.54, 1.807) is 0 Å². The number of imide groups is 1. The summed E-state index contributed by atoms with van der Waals surface area (Å²) in [4.78, 5) is 62.8. The van der Waals surface area contributed by atoms with E-state index in [0.717, 1.165) is 25.0 Å². The first-order valence-corrected chi connectivity index (χ1v) is 23.4. The molecule has 3 aliphatic heterocycles. The highest BCUT2D eigenvalue weighted by atomic mass is 32.2. The highest BCUT2D eigenvalue weighted by Crippen LogP contribution is 2.33. The van der Waals surface area contributed by atoms with Crippen molar-refractivity contribution in [2.24, 2.45) is 0 Å². The van der Waals surface area contributed by atoms with Gasteiger partial charge in [-0.3, -0.25) is 14.4 Å². The van der Waals surface area contributed by atoms with Crippen molar-refractivity contribution >= 4 is 41.5 Å². The normalized spacial score (nSPS) is 18.2. The molecule has 3 N–H and O–H groups in total. The molecule has 64 heavy (non-hydrogen) atoms. The number of nitrogens with one attached hydrogen (secondary N) is 3. The van der Waals surface area contributed by atoms with Crippen molar-refractivity contribution < 1.29 is 85.7 Å². The van der Waals surface area contributed by atoms with E-state index in [0.29, 0.717) is 169 Å². The minimum atomic E-state index is -0.704. The van der Waals surface area contributed by atoms with Crippen LogP contribution in [0, 0.1) is 0 Å². The lowest BCUT2D eigenvalue weighted by Crippen LogP contribution is -2.36. The van der Waals surface area contributed by atoms with Gasteiger partial charge in [0.1, 0.15) is 0 Å². The van der Waals surface area contributed by atoms with Gasteiger partial charge in [-0.1, -0.05) is 6.42 Å². The lowest BCUT2D eigenvalue weighted by atomic mass is 10.0. The highest BCUT2D eigenvalue weighted by Gasteiger charge is 2.42. The first-order chi connectivity index (χ1) is 31.4. The first kappa shape index (κ1) is 55.5. The first-order valence-electron chi connectivity index (χ1n) is 22.4. The lowest BCUT2D eigenvalue weighted by Gasteiger charge is -2.16. The van der Waals surface area contributed by atoms with Gasteiger partial charge in [0.15, 0.2) is 0 Å². The number of thioether (sulfide) groups is 1. The largest absolute Gasteiger partial charge is 0.378 e. The average molecular weight is 941 g/mol. The van der Waals surface area contributed by atoms with Crippen LogP contribution in [0.1, 0.15) is 44.9 Å². The number of hydrogen-bond acceptors (Lipinski definition) is 19. The Morgan fingerprint density at radius 1 is 0.516 bits per heavy atom. The number of nitrogens with zero attached hydrogens (tertiary/aromatic N) is 1. The smallest absolute Gasteiger partial charge is 0.335 e. The van der Waals surface area contributed by atoms with Gasteiger partial charge in [0.05, 0.1) is 177 Å². The zero-order valence-corrected chi connectivity index (χ0v) is 38.1. The molecule has 3 saturated heterocycles. The van der Waals surface area contributed by atoms with Crippen LogP contribution < -0.4 is 16.0 Å². The van der Waals surface area contributed by atoms with Gasteiger partial charge in [-0.25, -0.2) is 9.59 Å². The van der Waals surface area contributed by atoms with Gasteiger partial charge in [0, 0.05) is 36.8 Å². The molecule has 370 valence electrons. The zero-order chi connectivity index (χ0) is 45.6. The summed E-state index contributed by atoms with van der Waals surface area (Å²) in [5.74, 6) is -0.746. The molecule has 22 nitrogen and oxygen atoms in total. The molecule has 3 heterocycles. The van der Waals surface area contributed by atoms with Gasteiger partial charge in [-0.15, -0.1) is 5.06 Å². The molecule has 0 bridgehead atoms. The minimum absolute atomic E-state index is 0.0345. The number of unbranched alkanes of at least 4 members (excludes halogenated alkanes) is 1. The van der Waals surface area contributed by atoms with E-state index in [1.165, 1.54) is 0 Å². The quantitative estimate of drug-likeness (QED) is 0.0414. The molecule has 3 rings (SSSR count). The number of carbonyl (C=O) groups excluding carboxylic acids is 5. The van der Waals surface area contributed by atoms with Gasteiger partial charge in [-0.2, -0.15) is 11.8 Å². The van der Waals surface area contributed by atoms with Crippen molar-refractivity contribution in [2.75, 3.05) is 171 Å². The van der Waals surface area contributed by atoms with Crippen molar-refractivity contribution in [3.8, 4) is 0 Å². The third-order valence-electron chi connectivity index (χ3n) is 9.39. The van der Waals surface area contributed by atoms with Crippen LogP contribution in [0.4, 0.5) is 4.79 Å². The minimum Gasteiger partial charge on any atom is -0.378 e. The summed E-state index contributed by atoms with van der Waals surface area (Å²) in [6.07, 6.45) is 3.33. The van der Waals surface area contributed by atoms with E-state index in [4.69, 9.17) is 61.7 Å². The fourth-order valence-corrected chi connectivity index (χ4v) is 7.65. The Morgan fingerprint density at radius 3 is 1.33 bits per heavy atom. The summed E-state index contributed by atoms with van der Waals surface area (Å²) in [6, 6.07) is 0.384. The number of amides is 5. The van der Waals surface area contributed by atoms with Crippen LogP contribution in [0.15, 0.2) is 0 Å². The standard InChI is InChI=1S/C41H72N4O18S/c46-36(4-2-1-3-35-40-34(33-64-35)43-41(50)44-40)42-8-10-52-12-14-54-16-18-56-20-22-58-24-26-60-28-30-62-32-31-61-29-27-59-25-23-57-21-19-55-17-15-53-13-11-51-9-7-39(49)63-45-37(47)5-6-38(45)48/h34-35,40H,1-33H2,(H,42,46)(H2,43,44,50)/t34-,35+,40+/m1/s1. The second-order valence-electron chi connectivity index (χ2n) is 14.4. The molecular formula is C41H72N4O18S. The van der Waals surface area contributed by atoms with Crippen molar-refractivity contribution in [3.05, 3.63) is 0 Å². The van der Waals surface area contributed by atoms with Crippen molar-refractivity contribution in [3.63, 3.8) is 0 Å². The maximum atomic E-state index is 12.1. The van der Waals surface area contributed by atoms with Crippen LogP contribution in [-0.4, -0.2) is 223 Å². The lowest BCUT2D eigenvalue weighted by molar-refractivity contribution is -0.198. The van der Waals surface area contributed by atoms with Gasteiger partial charge in [-0.05, 0) is 12.8 Å². The second-order valence-corrected chi connectivity index (χ2v) is 15.6. The maximum absolute atomic E-state index is 12.1. The summed E-state index contributed by atoms with van der Waals surface area (Å²) in [6.45, 7) is 10.7. The number of carbonyl (C=O) groups is 5. The molecule has 0 unspecified atom stereocenters. The van der Waals surface area contributed by atoms with E-state index < -0.39 is 17.8 Å². The van der Waals surface area contributed by atoms with Gasteiger partial charge in [0.25, 0.3) is 11.8 Å². The number of rotatable bonds is 45. The van der Waals surface area contributed by atoms with Crippen LogP contribution in [0.25, 0.3) is 0 Å². The molecule has 0 spiro atoms. The molecule has 3 aliphatic rings. The monoisotopic (exact) mass is 940 g/mol. The predicted octanol–water partition coefficient (Wildman–Crippen LogP) is 0.0249. The summed E-state index contributed by atoms with van der Waals surface area (Å²) < 4.78 is 65.5. The number of urea groups is 1. The Bertz CT molecular complexity index is 1250. The Labute approximate surface area is 380 Å². The molecule has 3 fully saturated rings. The molecule has 3 atom stereocenters. The molecule has 0 aliphatic carbocycles. The zero-order valence-electron chi connectivity index (χ0n) is 37.3. The van der Waals surface area contributed by atoms with Crippen LogP contribution in [-0.2, 0) is 80.9 Å². The van der Waals surface area contributed by atoms with E-state index in [2.05, 4.69) is 16.0 Å². The third-order valence-corrected chi connectivity index (χ3v) is 10.9. The topological polar surface area (TPSA) is 245 Å². The average Bonchev–Trinajstić information content (AvgIpc) is 3.95. The van der Waals surface area contributed by atoms with Crippen molar-refractivity contribution in [2.45, 2.75) is 62.3 Å². The molecule has 0 radical (unpaired) electrons. The highest BCUT2D eigenvalue weighted by molar-refractivity contribution is 8.00. The van der Waals surface area contributed by atoms with Gasteiger partial charge >= 0.3 is 12.0 Å². The number of fused-ring (bicyclic) bond motifs is 1. The molecule has 0 aromatic carbocycles. The van der Waals surface area contributed by atoms with Crippen LogP contribution in [0.5, 0.6) is 0 Å². The number of hydroxylamine groups is 2. The molecule has 0 aromatic heterocycles. The van der Waals surface area contributed by atoms with Gasteiger partial charge < -0.3 is 77.6 Å². The molecule has 0 aromatic rings. The van der Waals surface area contributed by atoms with Crippen LogP contribution in [0.2, 0.25) is 0 Å². The Kier molecular flexibility index (Phi) is 33.3. The van der Waals surface area contributed by atoms with Crippen molar-refractivity contribution in [1.82, 2.24) is 21.0 Å². The third kappa shape index (κ3) is 28.3. The van der Waals surface area contributed by atoms with E-state index in [9.17, 15) is 24.0 Å². The second kappa shape index (κ2) is 38.3. The summed E-state index contributed by atoms with van der Waals surface area (Å²) in [5.41, 5.74) is 0. The van der Waals surface area contributed by atoms with Crippen LogP contribution >= 0.6 is 11.8 Å². The van der Waals surface area contributed by atoms with E-state index in [1.807, 2.05) is 11.8 Å². The maximum Gasteiger partial charge on any atom is 0.335 e. The fourth-order valence-electron chi connectivity index (χ4n) is 6.11. The molecular weight excluding hydrogens is 869 g/mol. The molecule has 0 saturated carbocycles. The van der Waals surface area contributed by atoms with E-state index in [-0.39, 0.29) is 56.5 Å². The molecule has 5 amide bonds.